The van der Waals surface area contributed by atoms with Crippen LogP contribution in [0.5, 0.6) is 0 Å². The first-order valence-electron chi connectivity index (χ1n) is 5.74. The van der Waals surface area contributed by atoms with Crippen molar-refractivity contribution in [2.24, 2.45) is 0 Å². The van der Waals surface area contributed by atoms with Gasteiger partial charge in [-0.05, 0) is 19.4 Å². The highest BCUT2D eigenvalue weighted by atomic mass is 16.5. The molecule has 0 aromatic heterocycles. The number of hydrogen-bond acceptors (Lipinski definition) is 3. The van der Waals surface area contributed by atoms with Crippen molar-refractivity contribution in [1.29, 1.82) is 0 Å². The van der Waals surface area contributed by atoms with Gasteiger partial charge in [-0.15, -0.1) is 0 Å². The van der Waals surface area contributed by atoms with Crippen molar-refractivity contribution in [3.63, 3.8) is 0 Å². The van der Waals surface area contributed by atoms with Crippen LogP contribution in [-0.4, -0.2) is 23.1 Å². The second-order valence-corrected chi connectivity index (χ2v) is 3.77. The van der Waals surface area contributed by atoms with Crippen LogP contribution in [0.15, 0.2) is 49.1 Å². The number of carboxylic acids is 1. The van der Waals surface area contributed by atoms with Gasteiger partial charge < -0.3 is 9.84 Å². The molecule has 0 radical (unpaired) electrons. The van der Waals surface area contributed by atoms with E-state index in [-0.39, 0.29) is 6.10 Å². The third-order valence-electron chi connectivity index (χ3n) is 1.75. The van der Waals surface area contributed by atoms with Crippen molar-refractivity contribution in [3.05, 3.63) is 54.6 Å². The minimum absolute atomic E-state index is 0.221. The van der Waals surface area contributed by atoms with Gasteiger partial charge in [0, 0.05) is 12.2 Å². The molecule has 0 saturated carbocycles. The SMILES string of the molecule is C=Cc1ccccc1.CC(C)OC(=O)/C=C\C(=O)O. The monoisotopic (exact) mass is 262 g/mol. The summed E-state index contributed by atoms with van der Waals surface area (Å²) in [6.07, 6.45) is 3.23. The highest BCUT2D eigenvalue weighted by Gasteiger charge is 2.00. The van der Waals surface area contributed by atoms with Gasteiger partial charge in [-0.25, -0.2) is 9.59 Å². The zero-order valence-electron chi connectivity index (χ0n) is 11.1. The summed E-state index contributed by atoms with van der Waals surface area (Å²) < 4.78 is 4.61. The molecule has 0 spiro atoms. The number of rotatable bonds is 4. The molecule has 1 N–H and O–H groups in total. The molecule has 1 aromatic rings. The molecule has 0 unspecified atom stereocenters. The molecule has 1 aromatic carbocycles. The number of esters is 1. The first-order chi connectivity index (χ1) is 8.95. The van der Waals surface area contributed by atoms with Crippen molar-refractivity contribution in [2.45, 2.75) is 20.0 Å². The lowest BCUT2D eigenvalue weighted by Crippen LogP contribution is -2.08. The molecule has 0 fully saturated rings. The van der Waals surface area contributed by atoms with Crippen molar-refractivity contribution < 1.29 is 19.4 Å². The molecule has 19 heavy (non-hydrogen) atoms. The van der Waals surface area contributed by atoms with Gasteiger partial charge in [0.2, 0.25) is 0 Å². The molecule has 1 rings (SSSR count). The third kappa shape index (κ3) is 10.5. The Balaban J connectivity index is 0.000000356. The van der Waals surface area contributed by atoms with Gasteiger partial charge in [0.15, 0.2) is 0 Å². The van der Waals surface area contributed by atoms with Crippen LogP contribution in [0.1, 0.15) is 19.4 Å². The molecule has 4 heteroatoms. The quantitative estimate of drug-likeness (QED) is 0.669. The normalized spacial score (nSPS) is 9.63. The lowest BCUT2D eigenvalue weighted by atomic mass is 10.2. The average Bonchev–Trinajstić information content (AvgIpc) is 2.37. The van der Waals surface area contributed by atoms with E-state index in [2.05, 4.69) is 11.3 Å². The fourth-order valence-corrected chi connectivity index (χ4v) is 1.00. The van der Waals surface area contributed by atoms with Gasteiger partial charge in [-0.1, -0.05) is 43.0 Å². The van der Waals surface area contributed by atoms with Crippen molar-refractivity contribution in [1.82, 2.24) is 0 Å². The molecule has 0 amide bonds. The van der Waals surface area contributed by atoms with E-state index in [4.69, 9.17) is 5.11 Å². The molecule has 0 aliphatic rings. The Hall–Kier alpha value is -2.36. The summed E-state index contributed by atoms with van der Waals surface area (Å²) in [4.78, 5) is 20.5. The minimum atomic E-state index is -1.16. The van der Waals surface area contributed by atoms with Gasteiger partial charge in [0.1, 0.15) is 0 Å². The Morgan fingerprint density at radius 2 is 1.79 bits per heavy atom. The van der Waals surface area contributed by atoms with Gasteiger partial charge >= 0.3 is 11.9 Å². The molecule has 0 heterocycles. The fourth-order valence-electron chi connectivity index (χ4n) is 1.00. The first-order valence-corrected chi connectivity index (χ1v) is 5.74. The number of benzene rings is 1. The van der Waals surface area contributed by atoms with E-state index in [1.54, 1.807) is 13.8 Å². The predicted octanol–water partition coefficient (Wildman–Crippen LogP) is 2.91. The maximum absolute atomic E-state index is 10.6. The van der Waals surface area contributed by atoms with Crippen LogP contribution in [0.4, 0.5) is 0 Å². The van der Waals surface area contributed by atoms with Gasteiger partial charge in [0.25, 0.3) is 0 Å². The van der Waals surface area contributed by atoms with E-state index in [0.717, 1.165) is 12.2 Å². The molecule has 0 aliphatic carbocycles. The first kappa shape index (κ1) is 16.6. The van der Waals surface area contributed by atoms with Crippen LogP contribution in [0.3, 0.4) is 0 Å². The van der Waals surface area contributed by atoms with E-state index < -0.39 is 11.9 Å². The van der Waals surface area contributed by atoms with Crippen LogP contribution >= 0.6 is 0 Å². The third-order valence-corrected chi connectivity index (χ3v) is 1.75. The second kappa shape index (κ2) is 9.65. The number of aliphatic carboxylic acids is 1. The molecule has 0 saturated heterocycles. The van der Waals surface area contributed by atoms with Crippen molar-refractivity contribution in [2.75, 3.05) is 0 Å². The lowest BCUT2D eigenvalue weighted by Gasteiger charge is -2.02. The molecular weight excluding hydrogens is 244 g/mol. The summed E-state index contributed by atoms with van der Waals surface area (Å²) in [7, 11) is 0. The van der Waals surface area contributed by atoms with E-state index in [1.165, 1.54) is 5.56 Å². The highest BCUT2D eigenvalue weighted by Crippen LogP contribution is 1.97. The number of carbonyl (C=O) groups excluding carboxylic acids is 1. The van der Waals surface area contributed by atoms with E-state index in [9.17, 15) is 9.59 Å². The van der Waals surface area contributed by atoms with Crippen LogP contribution < -0.4 is 0 Å². The maximum Gasteiger partial charge on any atom is 0.331 e. The summed E-state index contributed by atoms with van der Waals surface area (Å²) in [6, 6.07) is 10.0. The Bertz CT molecular complexity index is 433. The van der Waals surface area contributed by atoms with Crippen LogP contribution in [0.25, 0.3) is 6.08 Å². The fraction of sp³-hybridized carbons (Fsp3) is 0.200. The largest absolute Gasteiger partial charge is 0.478 e. The number of carboxylic acid groups (broad SMARTS) is 1. The summed E-state index contributed by atoms with van der Waals surface area (Å²) in [5.74, 6) is -1.80. The predicted molar refractivity (Wildman–Crippen MR) is 74.5 cm³/mol. The van der Waals surface area contributed by atoms with Crippen molar-refractivity contribution >= 4 is 18.0 Å². The molecule has 0 bridgehead atoms. The van der Waals surface area contributed by atoms with Crippen LogP contribution in [0, 0.1) is 0 Å². The molecule has 4 nitrogen and oxygen atoms in total. The summed E-state index contributed by atoms with van der Waals surface area (Å²) in [5.41, 5.74) is 1.17. The minimum Gasteiger partial charge on any atom is -0.478 e. The zero-order valence-corrected chi connectivity index (χ0v) is 11.1. The van der Waals surface area contributed by atoms with E-state index in [1.807, 2.05) is 36.4 Å². The summed E-state index contributed by atoms with van der Waals surface area (Å²) in [6.45, 7) is 7.00. The van der Waals surface area contributed by atoms with Gasteiger partial charge in [0.05, 0.1) is 6.10 Å². The zero-order chi connectivity index (χ0) is 14.7. The van der Waals surface area contributed by atoms with Crippen LogP contribution in [-0.2, 0) is 14.3 Å². The maximum atomic E-state index is 10.6. The van der Waals surface area contributed by atoms with Gasteiger partial charge in [-0.2, -0.15) is 0 Å². The summed E-state index contributed by atoms with van der Waals surface area (Å²) >= 11 is 0. The Kier molecular flexibility index (Phi) is 8.45. The smallest absolute Gasteiger partial charge is 0.331 e. The van der Waals surface area contributed by atoms with Crippen LogP contribution in [0.2, 0.25) is 0 Å². The second-order valence-electron chi connectivity index (χ2n) is 3.77. The number of hydrogen-bond donors (Lipinski definition) is 1. The lowest BCUT2D eigenvalue weighted by molar-refractivity contribution is -0.142. The Morgan fingerprint density at radius 3 is 2.16 bits per heavy atom. The molecular formula is C15H18O4. The van der Waals surface area contributed by atoms with E-state index >= 15 is 0 Å². The highest BCUT2D eigenvalue weighted by molar-refractivity contribution is 5.90. The standard InChI is InChI=1S/C8H8.C7H10O4/c1-2-8-6-4-3-5-7-8;1-5(2)11-7(10)4-3-6(8)9/h2-7H,1H2;3-5H,1-2H3,(H,8,9)/b;4-3-. The summed E-state index contributed by atoms with van der Waals surface area (Å²) in [5, 5.41) is 8.10. The number of carbonyl (C=O) groups is 2. The average molecular weight is 262 g/mol. The van der Waals surface area contributed by atoms with E-state index in [0.29, 0.717) is 0 Å². The molecule has 102 valence electrons. The Morgan fingerprint density at radius 1 is 1.21 bits per heavy atom. The van der Waals surface area contributed by atoms with Crippen molar-refractivity contribution in [3.8, 4) is 0 Å². The Labute approximate surface area is 113 Å². The molecule has 0 atom stereocenters. The topological polar surface area (TPSA) is 63.6 Å². The molecule has 0 aliphatic heterocycles. The van der Waals surface area contributed by atoms with Gasteiger partial charge in [-0.3, -0.25) is 0 Å². The number of ether oxygens (including phenoxy) is 1.